The minimum atomic E-state index is 0.416. The summed E-state index contributed by atoms with van der Waals surface area (Å²) in [5.41, 5.74) is 7.16. The van der Waals surface area contributed by atoms with Crippen LogP contribution >= 0.6 is 0 Å². The number of hydrogen-bond donors (Lipinski definition) is 2. The molecule has 0 spiro atoms. The fourth-order valence-corrected chi connectivity index (χ4v) is 2.52. The zero-order valence-electron chi connectivity index (χ0n) is 11.2. The van der Waals surface area contributed by atoms with E-state index in [1.807, 2.05) is 19.1 Å². The smallest absolute Gasteiger partial charge is 0.123 e. The summed E-state index contributed by atoms with van der Waals surface area (Å²) in [7, 11) is 0. The predicted molar refractivity (Wildman–Crippen MR) is 74.7 cm³/mol. The molecule has 2 rings (SSSR count). The van der Waals surface area contributed by atoms with E-state index >= 15 is 0 Å². The number of nitrogens with two attached hydrogens (primary N) is 1. The highest BCUT2D eigenvalue weighted by molar-refractivity contribution is 5.33. The monoisotopic (exact) mass is 248 g/mol. The van der Waals surface area contributed by atoms with Crippen molar-refractivity contribution in [3.63, 3.8) is 0 Å². The van der Waals surface area contributed by atoms with Crippen molar-refractivity contribution in [2.75, 3.05) is 6.61 Å². The average molecular weight is 248 g/mol. The standard InChI is InChI=1S/C15H24N2O/c1-2-18-15-6-4-3-5-12(15)11-17-14-9-7-13(16)8-10-14/h3-6,13-14,17H,2,7-11,16H2,1H3. The molecule has 0 bridgehead atoms. The van der Waals surface area contributed by atoms with Crippen LogP contribution < -0.4 is 15.8 Å². The molecule has 0 heterocycles. The topological polar surface area (TPSA) is 47.3 Å². The van der Waals surface area contributed by atoms with E-state index in [2.05, 4.69) is 17.4 Å². The van der Waals surface area contributed by atoms with Gasteiger partial charge in [0.25, 0.3) is 0 Å². The fourth-order valence-electron chi connectivity index (χ4n) is 2.52. The van der Waals surface area contributed by atoms with E-state index in [9.17, 15) is 0 Å². The molecule has 0 aliphatic heterocycles. The van der Waals surface area contributed by atoms with E-state index in [4.69, 9.17) is 10.5 Å². The van der Waals surface area contributed by atoms with Gasteiger partial charge in [0.15, 0.2) is 0 Å². The van der Waals surface area contributed by atoms with Gasteiger partial charge in [0, 0.05) is 24.2 Å². The Bertz CT molecular complexity index is 359. The van der Waals surface area contributed by atoms with Crippen molar-refractivity contribution in [2.45, 2.75) is 51.2 Å². The normalized spacial score (nSPS) is 23.9. The molecule has 100 valence electrons. The molecule has 0 atom stereocenters. The van der Waals surface area contributed by atoms with Crippen molar-refractivity contribution in [2.24, 2.45) is 5.73 Å². The van der Waals surface area contributed by atoms with Crippen LogP contribution in [0.4, 0.5) is 0 Å². The van der Waals surface area contributed by atoms with Crippen LogP contribution in [0.5, 0.6) is 5.75 Å². The molecular formula is C15H24N2O. The quantitative estimate of drug-likeness (QED) is 0.841. The van der Waals surface area contributed by atoms with Gasteiger partial charge in [0.05, 0.1) is 6.61 Å². The van der Waals surface area contributed by atoms with Gasteiger partial charge in [-0.1, -0.05) is 18.2 Å². The Morgan fingerprint density at radius 3 is 2.67 bits per heavy atom. The molecule has 18 heavy (non-hydrogen) atoms. The number of ether oxygens (including phenoxy) is 1. The first-order chi connectivity index (χ1) is 8.79. The highest BCUT2D eigenvalue weighted by Gasteiger charge is 2.18. The Balaban J connectivity index is 1.86. The molecule has 3 nitrogen and oxygen atoms in total. The molecule has 1 aliphatic rings. The van der Waals surface area contributed by atoms with Gasteiger partial charge >= 0.3 is 0 Å². The zero-order chi connectivity index (χ0) is 12.8. The van der Waals surface area contributed by atoms with Crippen molar-refractivity contribution in [1.29, 1.82) is 0 Å². The summed E-state index contributed by atoms with van der Waals surface area (Å²) in [5.74, 6) is 1.00. The van der Waals surface area contributed by atoms with Crippen LogP contribution in [-0.2, 0) is 6.54 Å². The second kappa shape index (κ2) is 6.76. The maximum atomic E-state index is 5.92. The van der Waals surface area contributed by atoms with E-state index in [1.165, 1.54) is 18.4 Å². The third kappa shape index (κ3) is 3.72. The number of para-hydroxylation sites is 1. The first-order valence-electron chi connectivity index (χ1n) is 6.99. The Morgan fingerprint density at radius 1 is 1.22 bits per heavy atom. The average Bonchev–Trinajstić information content (AvgIpc) is 2.40. The Morgan fingerprint density at radius 2 is 1.94 bits per heavy atom. The number of hydrogen-bond acceptors (Lipinski definition) is 3. The number of rotatable bonds is 5. The molecule has 3 N–H and O–H groups in total. The Labute approximate surface area is 110 Å². The first kappa shape index (κ1) is 13.4. The molecule has 0 aromatic heterocycles. The number of benzene rings is 1. The second-order valence-corrected chi connectivity index (χ2v) is 5.03. The lowest BCUT2D eigenvalue weighted by Gasteiger charge is -2.27. The van der Waals surface area contributed by atoms with Gasteiger partial charge in [0.1, 0.15) is 5.75 Å². The molecule has 0 saturated heterocycles. The van der Waals surface area contributed by atoms with Gasteiger partial charge in [-0.05, 0) is 38.7 Å². The summed E-state index contributed by atoms with van der Waals surface area (Å²) in [5, 5.41) is 3.62. The van der Waals surface area contributed by atoms with Crippen LogP contribution in [0.15, 0.2) is 24.3 Å². The van der Waals surface area contributed by atoms with Gasteiger partial charge < -0.3 is 15.8 Å². The van der Waals surface area contributed by atoms with Crippen LogP contribution in [0.25, 0.3) is 0 Å². The second-order valence-electron chi connectivity index (χ2n) is 5.03. The van der Waals surface area contributed by atoms with Gasteiger partial charge in [-0.15, -0.1) is 0 Å². The molecule has 1 fully saturated rings. The molecule has 0 radical (unpaired) electrons. The van der Waals surface area contributed by atoms with Gasteiger partial charge in [-0.3, -0.25) is 0 Å². The van der Waals surface area contributed by atoms with Crippen LogP contribution in [0.2, 0.25) is 0 Å². The molecule has 1 aliphatic carbocycles. The Hall–Kier alpha value is -1.06. The molecule has 0 amide bonds. The summed E-state index contributed by atoms with van der Waals surface area (Å²) in [6, 6.07) is 9.28. The lowest BCUT2D eigenvalue weighted by atomic mass is 9.92. The molecule has 1 aromatic rings. The summed E-state index contributed by atoms with van der Waals surface area (Å²) in [6.45, 7) is 3.62. The lowest BCUT2D eigenvalue weighted by Crippen LogP contribution is -2.37. The van der Waals surface area contributed by atoms with Crippen molar-refractivity contribution in [1.82, 2.24) is 5.32 Å². The van der Waals surface area contributed by atoms with Crippen molar-refractivity contribution < 1.29 is 4.74 Å². The van der Waals surface area contributed by atoms with Crippen LogP contribution in [-0.4, -0.2) is 18.7 Å². The molecule has 3 heteroatoms. The van der Waals surface area contributed by atoms with Crippen LogP contribution in [0.3, 0.4) is 0 Å². The minimum absolute atomic E-state index is 0.416. The maximum absolute atomic E-state index is 5.92. The van der Waals surface area contributed by atoms with Crippen LogP contribution in [0, 0.1) is 0 Å². The fraction of sp³-hybridized carbons (Fsp3) is 0.600. The first-order valence-corrected chi connectivity index (χ1v) is 6.99. The summed E-state index contributed by atoms with van der Waals surface area (Å²) in [4.78, 5) is 0. The highest BCUT2D eigenvalue weighted by atomic mass is 16.5. The Kier molecular flexibility index (Phi) is 5.02. The minimum Gasteiger partial charge on any atom is -0.494 e. The van der Waals surface area contributed by atoms with Gasteiger partial charge in [-0.25, -0.2) is 0 Å². The van der Waals surface area contributed by atoms with E-state index in [1.54, 1.807) is 0 Å². The molecule has 1 saturated carbocycles. The maximum Gasteiger partial charge on any atom is 0.123 e. The van der Waals surface area contributed by atoms with Crippen LogP contribution in [0.1, 0.15) is 38.2 Å². The zero-order valence-corrected chi connectivity index (χ0v) is 11.2. The van der Waals surface area contributed by atoms with E-state index in [-0.39, 0.29) is 0 Å². The van der Waals surface area contributed by atoms with E-state index in [0.29, 0.717) is 12.1 Å². The summed E-state index contributed by atoms with van der Waals surface area (Å²) >= 11 is 0. The molecule has 1 aromatic carbocycles. The SMILES string of the molecule is CCOc1ccccc1CNC1CCC(N)CC1. The third-order valence-corrected chi connectivity index (χ3v) is 3.63. The van der Waals surface area contributed by atoms with Crippen molar-refractivity contribution in [3.8, 4) is 5.75 Å². The van der Waals surface area contributed by atoms with Gasteiger partial charge in [-0.2, -0.15) is 0 Å². The van der Waals surface area contributed by atoms with Crippen molar-refractivity contribution >= 4 is 0 Å². The predicted octanol–water partition coefficient (Wildman–Crippen LogP) is 2.44. The lowest BCUT2D eigenvalue weighted by molar-refractivity contribution is 0.324. The summed E-state index contributed by atoms with van der Waals surface area (Å²) in [6.07, 6.45) is 4.67. The van der Waals surface area contributed by atoms with E-state index in [0.717, 1.165) is 31.7 Å². The summed E-state index contributed by atoms with van der Waals surface area (Å²) < 4.78 is 5.63. The van der Waals surface area contributed by atoms with E-state index < -0.39 is 0 Å². The van der Waals surface area contributed by atoms with Gasteiger partial charge in [0.2, 0.25) is 0 Å². The molecular weight excluding hydrogens is 224 g/mol. The highest BCUT2D eigenvalue weighted by Crippen LogP contribution is 2.20. The molecule has 0 unspecified atom stereocenters. The third-order valence-electron chi connectivity index (χ3n) is 3.63. The number of nitrogens with one attached hydrogen (secondary N) is 1. The largest absolute Gasteiger partial charge is 0.494 e. The van der Waals surface area contributed by atoms with Crippen molar-refractivity contribution in [3.05, 3.63) is 29.8 Å².